The summed E-state index contributed by atoms with van der Waals surface area (Å²) in [6.07, 6.45) is 0. The number of methoxy groups -OCH3 is 1. The number of benzene rings is 2. The number of amides is 2. The smallest absolute Gasteiger partial charge is 0.290 e. The molecule has 0 saturated carbocycles. The van der Waals surface area contributed by atoms with Gasteiger partial charge in [0.05, 0.1) is 23.6 Å². The summed E-state index contributed by atoms with van der Waals surface area (Å²) >= 11 is 0. The molecule has 32 heavy (non-hydrogen) atoms. The molecule has 1 atom stereocenters. The molecular formula is C24H24N2O6. The lowest BCUT2D eigenvalue weighted by Crippen LogP contribution is -2.32. The van der Waals surface area contributed by atoms with Crippen LogP contribution < -0.4 is 15.9 Å². The molecule has 2 N–H and O–H groups in total. The van der Waals surface area contributed by atoms with Crippen LogP contribution >= 0.6 is 0 Å². The van der Waals surface area contributed by atoms with Crippen LogP contribution in [0.5, 0.6) is 5.75 Å². The molecule has 2 amide bonds. The Morgan fingerprint density at radius 2 is 1.81 bits per heavy atom. The van der Waals surface area contributed by atoms with Gasteiger partial charge >= 0.3 is 0 Å². The second kappa shape index (κ2) is 8.47. The second-order valence-corrected chi connectivity index (χ2v) is 7.82. The molecule has 0 saturated heterocycles. The zero-order chi connectivity index (χ0) is 23.0. The van der Waals surface area contributed by atoms with Crippen molar-refractivity contribution in [1.82, 2.24) is 4.90 Å². The molecule has 1 unspecified atom stereocenters. The number of nitrogens with zero attached hydrogens (tertiary/aromatic N) is 1. The van der Waals surface area contributed by atoms with Gasteiger partial charge in [-0.2, -0.15) is 0 Å². The molecule has 1 aliphatic rings. The van der Waals surface area contributed by atoms with E-state index in [1.807, 2.05) is 13.8 Å². The minimum atomic E-state index is -0.625. The minimum Gasteiger partial charge on any atom is -0.484 e. The molecule has 3 aromatic rings. The molecule has 8 heteroatoms. The number of primary amides is 1. The van der Waals surface area contributed by atoms with Crippen LogP contribution in [-0.2, 0) is 9.53 Å². The Hall–Kier alpha value is -3.65. The number of aryl methyl sites for hydroxylation is 2. The van der Waals surface area contributed by atoms with E-state index in [0.717, 1.165) is 16.7 Å². The third kappa shape index (κ3) is 3.73. The predicted octanol–water partition coefficient (Wildman–Crippen LogP) is 2.47. The van der Waals surface area contributed by atoms with E-state index in [1.54, 1.807) is 48.4 Å². The van der Waals surface area contributed by atoms with Crippen molar-refractivity contribution in [3.05, 3.63) is 74.6 Å². The van der Waals surface area contributed by atoms with E-state index >= 15 is 0 Å². The van der Waals surface area contributed by atoms with Gasteiger partial charge in [-0.3, -0.25) is 14.4 Å². The highest BCUT2D eigenvalue weighted by molar-refractivity contribution is 5.99. The van der Waals surface area contributed by atoms with E-state index in [1.165, 1.54) is 0 Å². The van der Waals surface area contributed by atoms with Crippen molar-refractivity contribution >= 4 is 22.8 Å². The van der Waals surface area contributed by atoms with Gasteiger partial charge in [0, 0.05) is 13.7 Å². The van der Waals surface area contributed by atoms with Crippen LogP contribution in [0, 0.1) is 13.8 Å². The van der Waals surface area contributed by atoms with Gasteiger partial charge in [0.15, 0.2) is 12.0 Å². The summed E-state index contributed by atoms with van der Waals surface area (Å²) in [5, 5.41) is 0.444. The van der Waals surface area contributed by atoms with E-state index in [2.05, 4.69) is 0 Å². The first-order valence-electron chi connectivity index (χ1n) is 10.2. The first-order valence-corrected chi connectivity index (χ1v) is 10.2. The van der Waals surface area contributed by atoms with Crippen molar-refractivity contribution in [2.75, 3.05) is 26.9 Å². The lowest BCUT2D eigenvalue weighted by molar-refractivity contribution is -0.119. The maximum Gasteiger partial charge on any atom is 0.290 e. The molecule has 166 valence electrons. The highest BCUT2D eigenvalue weighted by atomic mass is 16.5. The topological polar surface area (TPSA) is 112 Å². The zero-order valence-electron chi connectivity index (χ0n) is 18.1. The van der Waals surface area contributed by atoms with Crippen molar-refractivity contribution in [2.45, 2.75) is 19.9 Å². The maximum atomic E-state index is 13.5. The SMILES string of the molecule is COCCN1C(=O)c2oc3cc(C)c(C)cc3c(=O)c2C1c1ccc(OCC(N)=O)cc1. The summed E-state index contributed by atoms with van der Waals surface area (Å²) in [6, 6.07) is 9.82. The van der Waals surface area contributed by atoms with Gasteiger partial charge in [0.2, 0.25) is 5.76 Å². The van der Waals surface area contributed by atoms with Crippen LogP contribution in [0.2, 0.25) is 0 Å². The molecule has 4 rings (SSSR count). The number of nitrogens with two attached hydrogens (primary N) is 1. The summed E-state index contributed by atoms with van der Waals surface area (Å²) in [5.74, 6) is -0.420. The molecule has 0 fully saturated rings. The first-order chi connectivity index (χ1) is 15.3. The Kier molecular flexibility index (Phi) is 5.71. The standard InChI is InChI=1S/C24H24N2O6/c1-13-10-17-18(11-14(13)2)32-23-20(22(17)28)21(26(24(23)29)8-9-30-3)15-4-6-16(7-5-15)31-12-19(25)27/h4-7,10-11,21H,8-9,12H2,1-3H3,(H2,25,27). The van der Waals surface area contributed by atoms with Gasteiger partial charge in [-0.1, -0.05) is 12.1 Å². The predicted molar refractivity (Wildman–Crippen MR) is 118 cm³/mol. The fraction of sp³-hybridized carbons (Fsp3) is 0.292. The maximum absolute atomic E-state index is 13.5. The van der Waals surface area contributed by atoms with Gasteiger partial charge in [-0.15, -0.1) is 0 Å². The van der Waals surface area contributed by atoms with E-state index in [4.69, 9.17) is 19.6 Å². The molecule has 8 nitrogen and oxygen atoms in total. The van der Waals surface area contributed by atoms with Gasteiger partial charge in [0.25, 0.3) is 11.8 Å². The highest BCUT2D eigenvalue weighted by Crippen LogP contribution is 2.38. The van der Waals surface area contributed by atoms with Gasteiger partial charge in [-0.25, -0.2) is 0 Å². The first kappa shape index (κ1) is 21.6. The van der Waals surface area contributed by atoms with Crippen LogP contribution in [0.25, 0.3) is 11.0 Å². The monoisotopic (exact) mass is 436 g/mol. The summed E-state index contributed by atoms with van der Waals surface area (Å²) in [4.78, 5) is 39.3. The molecular weight excluding hydrogens is 412 g/mol. The zero-order valence-corrected chi connectivity index (χ0v) is 18.1. The van der Waals surface area contributed by atoms with Crippen LogP contribution in [0.3, 0.4) is 0 Å². The Morgan fingerprint density at radius 1 is 1.12 bits per heavy atom. The van der Waals surface area contributed by atoms with Crippen molar-refractivity contribution in [3.63, 3.8) is 0 Å². The quantitative estimate of drug-likeness (QED) is 0.609. The van der Waals surface area contributed by atoms with Crippen LogP contribution in [0.15, 0.2) is 45.6 Å². The number of hydrogen-bond donors (Lipinski definition) is 1. The number of carbonyl (C=O) groups is 2. The Balaban J connectivity index is 1.84. The van der Waals surface area contributed by atoms with Crippen molar-refractivity contribution in [1.29, 1.82) is 0 Å². The third-order valence-corrected chi connectivity index (χ3v) is 5.70. The van der Waals surface area contributed by atoms with E-state index in [0.29, 0.717) is 28.9 Å². The average Bonchev–Trinajstić information content (AvgIpc) is 3.04. The fourth-order valence-corrected chi connectivity index (χ4v) is 3.94. The molecule has 2 heterocycles. The number of carbonyl (C=O) groups excluding carboxylic acids is 2. The molecule has 2 aromatic carbocycles. The highest BCUT2D eigenvalue weighted by Gasteiger charge is 2.42. The number of rotatable bonds is 7. The largest absolute Gasteiger partial charge is 0.484 e. The van der Waals surface area contributed by atoms with E-state index in [9.17, 15) is 14.4 Å². The Bertz CT molecular complexity index is 1260. The fourth-order valence-electron chi connectivity index (χ4n) is 3.94. The van der Waals surface area contributed by atoms with Crippen LogP contribution in [0.1, 0.15) is 38.9 Å². The number of hydrogen-bond acceptors (Lipinski definition) is 6. The normalized spacial score (nSPS) is 15.3. The summed E-state index contributed by atoms with van der Waals surface area (Å²) < 4.78 is 16.5. The second-order valence-electron chi connectivity index (χ2n) is 7.82. The summed E-state index contributed by atoms with van der Waals surface area (Å²) in [5.41, 5.74) is 8.27. The summed E-state index contributed by atoms with van der Waals surface area (Å²) in [6.45, 7) is 4.22. The number of fused-ring (bicyclic) bond motifs is 2. The molecule has 0 spiro atoms. The lowest BCUT2D eigenvalue weighted by atomic mass is 9.97. The molecule has 0 radical (unpaired) electrons. The van der Waals surface area contributed by atoms with Gasteiger partial charge < -0.3 is 24.5 Å². The van der Waals surface area contributed by atoms with E-state index in [-0.39, 0.29) is 30.2 Å². The van der Waals surface area contributed by atoms with Crippen molar-refractivity contribution in [2.24, 2.45) is 5.73 Å². The lowest BCUT2D eigenvalue weighted by Gasteiger charge is -2.25. The molecule has 1 aromatic heterocycles. The van der Waals surface area contributed by atoms with Crippen LogP contribution in [0.4, 0.5) is 0 Å². The third-order valence-electron chi connectivity index (χ3n) is 5.70. The molecule has 0 bridgehead atoms. The number of ether oxygens (including phenoxy) is 2. The summed E-state index contributed by atoms with van der Waals surface area (Å²) in [7, 11) is 1.55. The van der Waals surface area contributed by atoms with E-state index < -0.39 is 11.9 Å². The minimum absolute atomic E-state index is 0.0564. The molecule has 0 aliphatic carbocycles. The molecule has 1 aliphatic heterocycles. The average molecular weight is 436 g/mol. The van der Waals surface area contributed by atoms with Gasteiger partial charge in [-0.05, 0) is 54.8 Å². The Labute approximate surface area is 184 Å². The van der Waals surface area contributed by atoms with Gasteiger partial charge in [0.1, 0.15) is 11.3 Å². The van der Waals surface area contributed by atoms with Crippen LogP contribution in [-0.4, -0.2) is 43.6 Å². The Morgan fingerprint density at radius 3 is 2.47 bits per heavy atom. The van der Waals surface area contributed by atoms with Crippen molar-refractivity contribution < 1.29 is 23.5 Å². The van der Waals surface area contributed by atoms with Crippen molar-refractivity contribution in [3.8, 4) is 5.75 Å².